The quantitative estimate of drug-likeness (QED) is 0.302. The molecule has 2 aromatic carbocycles. The normalized spacial score (nSPS) is 14.4. The van der Waals surface area contributed by atoms with Crippen molar-refractivity contribution in [3.63, 3.8) is 0 Å². The Morgan fingerprint density at radius 3 is 1.80 bits per heavy atom. The topological polar surface area (TPSA) is 23.8 Å². The van der Waals surface area contributed by atoms with Gasteiger partial charge in [0.1, 0.15) is 0 Å². The van der Waals surface area contributed by atoms with Crippen molar-refractivity contribution in [1.82, 2.24) is 0 Å². The smallest absolute Gasteiger partial charge is 0.698 e. The molecule has 0 bridgehead atoms. The molecule has 1 aliphatic carbocycles. The molecule has 0 heterocycles. The third-order valence-corrected chi connectivity index (χ3v) is 5.38. The van der Waals surface area contributed by atoms with E-state index < -0.39 is 0 Å². The standard InChI is InChI=1S/C17H21.C9H12N.2ClH.Ti/c1-11(2)15-8-6-7-9-16(15)17-13(4)10-12(3)14(17)5;1-6-4-7(2)9(10)8(3)5-6;;;/h6-10,13H,1-5H3;4-5,10H,1-3H3;2*1H;/q2*-1;;;+2. The summed E-state index contributed by atoms with van der Waals surface area (Å²) in [5.41, 5.74) is 18.8. The van der Waals surface area contributed by atoms with Gasteiger partial charge in [-0.1, -0.05) is 78.5 Å². The third kappa shape index (κ3) is 7.24. The number of benzene rings is 2. The predicted octanol–water partition coefficient (Wildman–Crippen LogP) is 9.16. The zero-order chi connectivity index (χ0) is 20.3. The maximum absolute atomic E-state index is 7.54. The van der Waals surface area contributed by atoms with Crippen molar-refractivity contribution in [2.45, 2.75) is 55.4 Å². The largest absolute Gasteiger partial charge is 2.00 e. The van der Waals surface area contributed by atoms with Gasteiger partial charge in [0.25, 0.3) is 0 Å². The minimum Gasteiger partial charge on any atom is -0.698 e. The SMILES string of the molecule is CC1=CC(C)C(c2ccccc2[C-](C)C)=C1C.Cc1cc(C)c([NH-])c(C)c1.Cl.Cl.[Ti+2]. The molecule has 0 saturated heterocycles. The van der Waals surface area contributed by atoms with E-state index in [0.29, 0.717) is 11.6 Å². The van der Waals surface area contributed by atoms with Crippen LogP contribution in [0.2, 0.25) is 0 Å². The Labute approximate surface area is 211 Å². The summed E-state index contributed by atoms with van der Waals surface area (Å²) in [5.74, 6) is 1.92. The first-order valence-corrected chi connectivity index (χ1v) is 9.72. The Bertz CT molecular complexity index is 875. The van der Waals surface area contributed by atoms with Gasteiger partial charge in [-0.05, 0) is 40.5 Å². The molecule has 1 unspecified atom stereocenters. The third-order valence-electron chi connectivity index (χ3n) is 5.38. The van der Waals surface area contributed by atoms with Crippen molar-refractivity contribution in [1.29, 1.82) is 0 Å². The molecular weight excluding hydrogens is 445 g/mol. The van der Waals surface area contributed by atoms with Crippen molar-refractivity contribution in [2.24, 2.45) is 5.92 Å². The summed E-state index contributed by atoms with van der Waals surface area (Å²) >= 11 is 0. The average Bonchev–Trinajstić information content (AvgIpc) is 2.85. The number of aryl methyl sites for hydroxylation is 3. The summed E-state index contributed by atoms with van der Waals surface area (Å²) in [6.45, 7) is 17.1. The Morgan fingerprint density at radius 1 is 0.867 bits per heavy atom. The molecule has 1 atom stereocenters. The number of nitrogens with one attached hydrogen (secondary N) is 1. The van der Waals surface area contributed by atoms with E-state index in [-0.39, 0.29) is 46.5 Å². The van der Waals surface area contributed by atoms with Crippen LogP contribution in [0.15, 0.2) is 53.6 Å². The van der Waals surface area contributed by atoms with Crippen molar-refractivity contribution in [3.05, 3.63) is 93.1 Å². The molecule has 0 spiro atoms. The molecule has 162 valence electrons. The van der Waals surface area contributed by atoms with Crippen LogP contribution in [0.25, 0.3) is 11.3 Å². The van der Waals surface area contributed by atoms with Crippen LogP contribution in [0.3, 0.4) is 0 Å². The van der Waals surface area contributed by atoms with E-state index in [1.807, 2.05) is 26.0 Å². The van der Waals surface area contributed by atoms with Crippen LogP contribution < -0.4 is 0 Å². The zero-order valence-corrected chi connectivity index (χ0v) is 22.6. The first kappa shape index (κ1) is 31.1. The molecule has 0 aromatic heterocycles. The minimum absolute atomic E-state index is 0. The molecule has 0 fully saturated rings. The molecule has 0 saturated carbocycles. The van der Waals surface area contributed by atoms with Gasteiger partial charge in [0.15, 0.2) is 0 Å². The van der Waals surface area contributed by atoms with Crippen LogP contribution in [-0.2, 0) is 21.7 Å². The van der Waals surface area contributed by atoms with Gasteiger partial charge in [0.05, 0.1) is 0 Å². The molecule has 30 heavy (non-hydrogen) atoms. The van der Waals surface area contributed by atoms with Crippen molar-refractivity contribution in [2.75, 3.05) is 0 Å². The summed E-state index contributed by atoms with van der Waals surface area (Å²) in [6.07, 6.45) is 2.37. The van der Waals surface area contributed by atoms with Gasteiger partial charge in [0.2, 0.25) is 0 Å². The van der Waals surface area contributed by atoms with E-state index in [1.165, 1.54) is 39.3 Å². The molecule has 0 radical (unpaired) electrons. The Kier molecular flexibility index (Phi) is 13.8. The molecule has 2 aromatic rings. The van der Waals surface area contributed by atoms with Crippen LogP contribution in [0.5, 0.6) is 0 Å². The van der Waals surface area contributed by atoms with Gasteiger partial charge in [-0.2, -0.15) is 17.5 Å². The number of allylic oxidation sites excluding steroid dienone is 4. The van der Waals surface area contributed by atoms with Crippen LogP contribution in [-0.4, -0.2) is 0 Å². The van der Waals surface area contributed by atoms with Gasteiger partial charge in [-0.3, -0.25) is 0 Å². The van der Waals surface area contributed by atoms with Gasteiger partial charge in [0, 0.05) is 0 Å². The summed E-state index contributed by atoms with van der Waals surface area (Å²) in [6, 6.07) is 12.8. The molecule has 0 amide bonds. The Hall–Kier alpha value is -1.12. The van der Waals surface area contributed by atoms with E-state index in [4.69, 9.17) is 5.73 Å². The monoisotopic (exact) mass is 479 g/mol. The second-order valence-corrected chi connectivity index (χ2v) is 8.00. The first-order valence-electron chi connectivity index (χ1n) is 9.72. The van der Waals surface area contributed by atoms with Crippen LogP contribution in [0.1, 0.15) is 62.4 Å². The summed E-state index contributed by atoms with van der Waals surface area (Å²) < 4.78 is 0. The minimum atomic E-state index is 0. The maximum atomic E-state index is 7.54. The second-order valence-electron chi connectivity index (χ2n) is 8.00. The van der Waals surface area contributed by atoms with Crippen molar-refractivity contribution in [3.8, 4) is 0 Å². The van der Waals surface area contributed by atoms with Gasteiger partial charge in [-0.25, -0.2) is 0 Å². The van der Waals surface area contributed by atoms with E-state index >= 15 is 0 Å². The maximum Gasteiger partial charge on any atom is 2.00 e. The molecule has 4 heteroatoms. The molecule has 0 aliphatic heterocycles. The Balaban J connectivity index is 0. The number of hydrogen-bond donors (Lipinski definition) is 0. The van der Waals surface area contributed by atoms with Gasteiger partial charge < -0.3 is 5.73 Å². The molecule has 1 aliphatic rings. The summed E-state index contributed by atoms with van der Waals surface area (Å²) in [7, 11) is 0. The second kappa shape index (κ2) is 13.3. The van der Waals surface area contributed by atoms with Crippen LogP contribution in [0, 0.1) is 32.6 Å². The van der Waals surface area contributed by atoms with E-state index in [2.05, 4.69) is 71.9 Å². The fourth-order valence-electron chi connectivity index (χ4n) is 3.92. The molecular formula is C26H35Cl2NTi. The summed E-state index contributed by atoms with van der Waals surface area (Å²) in [4.78, 5) is 0. The first-order chi connectivity index (χ1) is 12.6. The zero-order valence-electron chi connectivity index (χ0n) is 19.4. The van der Waals surface area contributed by atoms with Crippen molar-refractivity contribution < 1.29 is 21.7 Å². The predicted molar refractivity (Wildman–Crippen MR) is 135 cm³/mol. The van der Waals surface area contributed by atoms with E-state index in [0.717, 1.165) is 11.1 Å². The molecule has 1 nitrogen and oxygen atoms in total. The van der Waals surface area contributed by atoms with Crippen LogP contribution >= 0.6 is 24.8 Å². The van der Waals surface area contributed by atoms with Crippen molar-refractivity contribution >= 4 is 36.1 Å². The van der Waals surface area contributed by atoms with Gasteiger partial charge >= 0.3 is 21.7 Å². The Morgan fingerprint density at radius 2 is 1.37 bits per heavy atom. The van der Waals surface area contributed by atoms with E-state index in [1.54, 1.807) is 0 Å². The average molecular weight is 480 g/mol. The molecule has 3 rings (SSSR count). The fraction of sp³-hybridized carbons (Fsp3) is 0.346. The van der Waals surface area contributed by atoms with Gasteiger partial charge in [-0.15, -0.1) is 48.2 Å². The number of hydrogen-bond acceptors (Lipinski definition) is 0. The van der Waals surface area contributed by atoms with Crippen LogP contribution in [0.4, 0.5) is 5.69 Å². The van der Waals surface area contributed by atoms with E-state index in [9.17, 15) is 0 Å². The fourth-order valence-corrected chi connectivity index (χ4v) is 3.92. The molecule has 1 N–H and O–H groups in total. The number of halogens is 2. The summed E-state index contributed by atoms with van der Waals surface area (Å²) in [5, 5.41) is 0. The number of rotatable bonds is 2.